The van der Waals surface area contributed by atoms with E-state index in [2.05, 4.69) is 55.3 Å². The van der Waals surface area contributed by atoms with Gasteiger partial charge in [-0.15, -0.1) is 0 Å². The van der Waals surface area contributed by atoms with Gasteiger partial charge in [-0.05, 0) is 59.6 Å². The van der Waals surface area contributed by atoms with E-state index in [0.717, 1.165) is 31.4 Å². The quantitative estimate of drug-likeness (QED) is 0.777. The molecule has 0 spiro atoms. The van der Waals surface area contributed by atoms with Crippen LogP contribution < -0.4 is 5.56 Å². The zero-order chi connectivity index (χ0) is 15.8. The molecule has 1 aromatic rings. The molecule has 5 heteroatoms. The van der Waals surface area contributed by atoms with E-state index in [9.17, 15) is 4.79 Å². The van der Waals surface area contributed by atoms with Crippen molar-refractivity contribution in [3.05, 3.63) is 25.4 Å². The lowest BCUT2D eigenvalue weighted by Crippen LogP contribution is -2.40. The van der Waals surface area contributed by atoms with Crippen molar-refractivity contribution >= 4 is 22.6 Å². The van der Waals surface area contributed by atoms with Crippen LogP contribution >= 0.6 is 22.6 Å². The average Bonchev–Trinajstić information content (AvgIpc) is 2.42. The molecule has 0 unspecified atom stereocenters. The van der Waals surface area contributed by atoms with Crippen molar-refractivity contribution in [3.8, 4) is 0 Å². The van der Waals surface area contributed by atoms with E-state index in [0.29, 0.717) is 14.8 Å². The highest BCUT2D eigenvalue weighted by atomic mass is 127. The summed E-state index contributed by atoms with van der Waals surface area (Å²) in [4.78, 5) is 20.0. The highest BCUT2D eigenvalue weighted by Crippen LogP contribution is 2.46. The number of methoxy groups -OCH3 is 1. The van der Waals surface area contributed by atoms with Crippen molar-refractivity contribution in [2.24, 2.45) is 5.41 Å². The van der Waals surface area contributed by atoms with Crippen molar-refractivity contribution in [2.45, 2.75) is 64.9 Å². The molecule has 1 saturated carbocycles. The fourth-order valence-corrected chi connectivity index (χ4v) is 3.82. The van der Waals surface area contributed by atoms with Crippen LogP contribution in [0.4, 0.5) is 0 Å². The molecule has 1 aliphatic rings. The Balaban J connectivity index is 2.47. The largest absolute Gasteiger partial charge is 0.370 e. The Bertz CT molecular complexity index is 568. The number of rotatable bonds is 3. The molecule has 1 aromatic heterocycles. The normalized spacial score (nSPS) is 20.7. The summed E-state index contributed by atoms with van der Waals surface area (Å²) in [6.07, 6.45) is 3.95. The van der Waals surface area contributed by atoms with Crippen LogP contribution in [0.3, 0.4) is 0 Å². The lowest BCUT2D eigenvalue weighted by molar-refractivity contribution is -0.0732. The molecule has 21 heavy (non-hydrogen) atoms. The Morgan fingerprint density at radius 1 is 1.24 bits per heavy atom. The lowest BCUT2D eigenvalue weighted by Gasteiger charge is -2.42. The van der Waals surface area contributed by atoms with Crippen molar-refractivity contribution in [1.29, 1.82) is 0 Å². The van der Waals surface area contributed by atoms with Gasteiger partial charge in [0.2, 0.25) is 0 Å². The SMILES string of the molecule is COC1(c2nc(C(C)C)c(I)c(=O)[nH]2)CCC(C)(C)CC1. The van der Waals surface area contributed by atoms with Crippen LogP contribution in [0.15, 0.2) is 4.79 Å². The number of ether oxygens (including phenoxy) is 1. The van der Waals surface area contributed by atoms with Gasteiger partial charge in [0.05, 0.1) is 9.26 Å². The molecule has 1 aliphatic carbocycles. The minimum absolute atomic E-state index is 0.0504. The van der Waals surface area contributed by atoms with E-state index in [1.165, 1.54) is 0 Å². The molecule has 2 rings (SSSR count). The van der Waals surface area contributed by atoms with Gasteiger partial charge >= 0.3 is 0 Å². The monoisotopic (exact) mass is 404 g/mol. The Hall–Kier alpha value is -0.430. The first-order chi connectivity index (χ1) is 9.71. The number of nitrogens with zero attached hydrogens (tertiary/aromatic N) is 1. The van der Waals surface area contributed by atoms with E-state index < -0.39 is 5.60 Å². The van der Waals surface area contributed by atoms with Gasteiger partial charge in [-0.1, -0.05) is 27.7 Å². The first-order valence-electron chi connectivity index (χ1n) is 7.56. The van der Waals surface area contributed by atoms with Crippen LogP contribution in [0.25, 0.3) is 0 Å². The second-order valence-electron chi connectivity index (χ2n) is 7.13. The highest BCUT2D eigenvalue weighted by molar-refractivity contribution is 14.1. The molecular weight excluding hydrogens is 379 g/mol. The molecule has 0 aromatic carbocycles. The minimum atomic E-state index is -0.442. The van der Waals surface area contributed by atoms with Gasteiger partial charge in [0, 0.05) is 7.11 Å². The number of halogens is 1. The molecule has 0 saturated heterocycles. The number of aromatic nitrogens is 2. The molecule has 0 amide bonds. The number of hydrogen-bond donors (Lipinski definition) is 1. The van der Waals surface area contributed by atoms with Crippen molar-refractivity contribution < 1.29 is 4.74 Å². The van der Waals surface area contributed by atoms with E-state index in [-0.39, 0.29) is 11.5 Å². The second kappa shape index (κ2) is 5.99. The Labute approximate surface area is 140 Å². The summed E-state index contributed by atoms with van der Waals surface area (Å²) in [5.41, 5.74) is 0.718. The second-order valence-corrected chi connectivity index (χ2v) is 8.21. The van der Waals surface area contributed by atoms with Gasteiger partial charge in [0.15, 0.2) is 0 Å². The molecule has 1 fully saturated rings. The number of nitrogens with one attached hydrogen (secondary N) is 1. The molecule has 0 bridgehead atoms. The first-order valence-corrected chi connectivity index (χ1v) is 8.64. The molecular formula is C16H25IN2O2. The summed E-state index contributed by atoms with van der Waals surface area (Å²) in [6.45, 7) is 8.71. The van der Waals surface area contributed by atoms with Gasteiger partial charge < -0.3 is 9.72 Å². The first kappa shape index (κ1) is 16.9. The summed E-state index contributed by atoms with van der Waals surface area (Å²) in [5.74, 6) is 0.932. The van der Waals surface area contributed by atoms with E-state index >= 15 is 0 Å². The maximum absolute atomic E-state index is 12.2. The molecule has 0 radical (unpaired) electrons. The van der Waals surface area contributed by atoms with Crippen LogP contribution in [0, 0.1) is 8.99 Å². The van der Waals surface area contributed by atoms with Crippen molar-refractivity contribution in [1.82, 2.24) is 9.97 Å². The van der Waals surface area contributed by atoms with Gasteiger partial charge in [0.1, 0.15) is 11.4 Å². The standard InChI is InChI=1S/C16H25IN2O2/c1-10(2)12-11(17)13(20)19-14(18-12)16(21-5)8-6-15(3,4)7-9-16/h10H,6-9H2,1-5H3,(H,18,19,20). The van der Waals surface area contributed by atoms with Crippen LogP contribution in [-0.2, 0) is 10.3 Å². The van der Waals surface area contributed by atoms with E-state index in [1.54, 1.807) is 7.11 Å². The van der Waals surface area contributed by atoms with Crippen LogP contribution in [0.2, 0.25) is 0 Å². The third-order valence-corrected chi connectivity index (χ3v) is 5.71. The molecule has 4 nitrogen and oxygen atoms in total. The number of hydrogen-bond acceptors (Lipinski definition) is 3. The topological polar surface area (TPSA) is 55.0 Å². The smallest absolute Gasteiger partial charge is 0.264 e. The fraction of sp³-hybridized carbons (Fsp3) is 0.750. The molecule has 0 aliphatic heterocycles. The van der Waals surface area contributed by atoms with Crippen LogP contribution in [0.1, 0.15) is 70.8 Å². The lowest BCUT2D eigenvalue weighted by atomic mass is 9.70. The summed E-state index contributed by atoms with van der Waals surface area (Å²) in [6, 6.07) is 0. The third kappa shape index (κ3) is 3.33. The predicted molar refractivity (Wildman–Crippen MR) is 92.6 cm³/mol. The van der Waals surface area contributed by atoms with Gasteiger partial charge in [-0.3, -0.25) is 4.79 Å². The zero-order valence-electron chi connectivity index (χ0n) is 13.5. The van der Waals surface area contributed by atoms with Crippen molar-refractivity contribution in [2.75, 3.05) is 7.11 Å². The van der Waals surface area contributed by atoms with Gasteiger partial charge in [-0.25, -0.2) is 4.98 Å². The number of aromatic amines is 1. The summed E-state index contributed by atoms with van der Waals surface area (Å²) in [7, 11) is 1.73. The van der Waals surface area contributed by atoms with Crippen molar-refractivity contribution in [3.63, 3.8) is 0 Å². The predicted octanol–water partition coefficient (Wildman–Crippen LogP) is 3.94. The highest BCUT2D eigenvalue weighted by Gasteiger charge is 2.42. The summed E-state index contributed by atoms with van der Waals surface area (Å²) < 4.78 is 6.54. The maximum Gasteiger partial charge on any atom is 0.264 e. The van der Waals surface area contributed by atoms with Gasteiger partial charge in [0.25, 0.3) is 5.56 Å². The number of H-pyrrole nitrogens is 1. The maximum atomic E-state index is 12.2. The Kier molecular flexibility index (Phi) is 4.83. The van der Waals surface area contributed by atoms with E-state index in [1.807, 2.05) is 0 Å². The average molecular weight is 404 g/mol. The summed E-state index contributed by atoms with van der Waals surface area (Å²) in [5, 5.41) is 0. The zero-order valence-corrected chi connectivity index (χ0v) is 15.7. The minimum Gasteiger partial charge on any atom is -0.370 e. The van der Waals surface area contributed by atoms with Crippen LogP contribution in [0.5, 0.6) is 0 Å². The molecule has 1 N–H and O–H groups in total. The molecule has 1 heterocycles. The third-order valence-electron chi connectivity index (χ3n) is 4.67. The summed E-state index contributed by atoms with van der Waals surface area (Å²) >= 11 is 2.08. The Morgan fingerprint density at radius 3 is 2.29 bits per heavy atom. The molecule has 118 valence electrons. The van der Waals surface area contributed by atoms with E-state index in [4.69, 9.17) is 9.72 Å². The molecule has 0 atom stereocenters. The van der Waals surface area contributed by atoms with Gasteiger partial charge in [-0.2, -0.15) is 0 Å². The van der Waals surface area contributed by atoms with Crippen LogP contribution in [-0.4, -0.2) is 17.1 Å². The Morgan fingerprint density at radius 2 is 1.81 bits per heavy atom. The fourth-order valence-electron chi connectivity index (χ4n) is 2.94.